The van der Waals surface area contributed by atoms with Gasteiger partial charge in [0.2, 0.25) is 0 Å². The van der Waals surface area contributed by atoms with Gasteiger partial charge in [0.1, 0.15) is 0 Å². The zero-order valence-electron chi connectivity index (χ0n) is 8.85. The lowest BCUT2D eigenvalue weighted by Gasteiger charge is -2.35. The highest BCUT2D eigenvalue weighted by atomic mass is 16.2. The van der Waals surface area contributed by atoms with Crippen LogP contribution in [0.2, 0.25) is 0 Å². The van der Waals surface area contributed by atoms with Crippen LogP contribution in [0.5, 0.6) is 0 Å². The molecule has 0 aromatic heterocycles. The fraction of sp³-hybridized carbons (Fsp3) is 0.889. The van der Waals surface area contributed by atoms with E-state index >= 15 is 0 Å². The van der Waals surface area contributed by atoms with Crippen molar-refractivity contribution in [1.29, 1.82) is 0 Å². The molecule has 0 saturated heterocycles. The van der Waals surface area contributed by atoms with Crippen LogP contribution in [0.3, 0.4) is 0 Å². The lowest BCUT2D eigenvalue weighted by Crippen LogP contribution is -2.55. The molecule has 0 radical (unpaired) electrons. The molecular formula is C9H21N2O+. The van der Waals surface area contributed by atoms with Crippen molar-refractivity contribution in [2.75, 3.05) is 27.7 Å². The van der Waals surface area contributed by atoms with E-state index in [1.807, 2.05) is 0 Å². The maximum atomic E-state index is 11.4. The molecule has 0 saturated carbocycles. The molecule has 0 heterocycles. The molecular weight excluding hydrogens is 152 g/mol. The summed E-state index contributed by atoms with van der Waals surface area (Å²) in [4.78, 5) is 11.4. The van der Waals surface area contributed by atoms with E-state index in [9.17, 15) is 4.79 Å². The summed E-state index contributed by atoms with van der Waals surface area (Å²) < 4.78 is 0.760. The predicted molar refractivity (Wildman–Crippen MR) is 50.8 cm³/mol. The van der Waals surface area contributed by atoms with Gasteiger partial charge in [0.05, 0.1) is 20.6 Å². The molecule has 0 aliphatic rings. The first-order valence-corrected chi connectivity index (χ1v) is 4.53. The monoisotopic (exact) mass is 173 g/mol. The minimum Gasteiger partial charge on any atom is -0.354 e. The number of likely N-dealkylation sites (N-methyl/N-ethyl adjacent to an activating group) is 2. The van der Waals surface area contributed by atoms with E-state index in [4.69, 9.17) is 0 Å². The number of carbonyl (C=O) groups excluding carboxylic acids is 1. The Morgan fingerprint density at radius 1 is 1.42 bits per heavy atom. The summed E-state index contributed by atoms with van der Waals surface area (Å²) in [6.07, 6.45) is 0.889. The number of amides is 1. The van der Waals surface area contributed by atoms with Crippen LogP contribution < -0.4 is 5.32 Å². The molecule has 0 spiro atoms. The SMILES string of the molecule is CCC(C(=O)NC)[N+](C)(C)CC. The van der Waals surface area contributed by atoms with Gasteiger partial charge in [-0.25, -0.2) is 0 Å². The summed E-state index contributed by atoms with van der Waals surface area (Å²) >= 11 is 0. The average Bonchev–Trinajstić information content (AvgIpc) is 2.05. The fourth-order valence-corrected chi connectivity index (χ4v) is 1.38. The summed E-state index contributed by atoms with van der Waals surface area (Å²) in [5, 5.41) is 2.70. The third-order valence-electron chi connectivity index (χ3n) is 2.59. The maximum Gasteiger partial charge on any atom is 0.278 e. The molecule has 0 aliphatic heterocycles. The molecule has 72 valence electrons. The average molecular weight is 173 g/mol. The van der Waals surface area contributed by atoms with Gasteiger partial charge < -0.3 is 9.80 Å². The highest BCUT2D eigenvalue weighted by molar-refractivity contribution is 5.80. The van der Waals surface area contributed by atoms with Crippen LogP contribution in [0.1, 0.15) is 20.3 Å². The second-order valence-electron chi connectivity index (χ2n) is 3.63. The molecule has 0 rings (SSSR count). The number of quaternary nitrogens is 1. The zero-order valence-corrected chi connectivity index (χ0v) is 8.85. The highest BCUT2D eigenvalue weighted by Crippen LogP contribution is 2.09. The summed E-state index contributed by atoms with van der Waals surface area (Å²) in [5.74, 6) is 0.143. The van der Waals surface area contributed by atoms with Gasteiger partial charge in [-0.05, 0) is 6.92 Å². The summed E-state index contributed by atoms with van der Waals surface area (Å²) in [5.41, 5.74) is 0. The van der Waals surface area contributed by atoms with Crippen molar-refractivity contribution in [2.24, 2.45) is 0 Å². The predicted octanol–water partition coefficient (Wildman–Crippen LogP) is 0.607. The van der Waals surface area contributed by atoms with Crippen LogP contribution in [0, 0.1) is 0 Å². The van der Waals surface area contributed by atoms with E-state index in [-0.39, 0.29) is 11.9 Å². The van der Waals surface area contributed by atoms with Gasteiger partial charge in [0, 0.05) is 13.5 Å². The van der Waals surface area contributed by atoms with Gasteiger partial charge in [-0.1, -0.05) is 6.92 Å². The third kappa shape index (κ3) is 2.48. The normalized spacial score (nSPS) is 14.1. The molecule has 0 bridgehead atoms. The Hall–Kier alpha value is -0.570. The smallest absolute Gasteiger partial charge is 0.278 e. The van der Waals surface area contributed by atoms with Crippen molar-refractivity contribution in [3.8, 4) is 0 Å². The van der Waals surface area contributed by atoms with Crippen LogP contribution in [0.4, 0.5) is 0 Å². The molecule has 0 aliphatic carbocycles. The van der Waals surface area contributed by atoms with E-state index in [0.717, 1.165) is 17.4 Å². The van der Waals surface area contributed by atoms with E-state index in [1.165, 1.54) is 0 Å². The Bertz CT molecular complexity index is 155. The van der Waals surface area contributed by atoms with E-state index in [2.05, 4.69) is 33.3 Å². The Morgan fingerprint density at radius 2 is 1.92 bits per heavy atom. The quantitative estimate of drug-likeness (QED) is 0.620. The summed E-state index contributed by atoms with van der Waals surface area (Å²) in [6, 6.07) is 0.0833. The van der Waals surface area contributed by atoms with Crippen molar-refractivity contribution in [2.45, 2.75) is 26.3 Å². The molecule has 0 aromatic carbocycles. The third-order valence-corrected chi connectivity index (χ3v) is 2.59. The molecule has 12 heavy (non-hydrogen) atoms. The number of nitrogens with zero attached hydrogens (tertiary/aromatic N) is 1. The van der Waals surface area contributed by atoms with Crippen molar-refractivity contribution in [3.05, 3.63) is 0 Å². The topological polar surface area (TPSA) is 29.1 Å². The summed E-state index contributed by atoms with van der Waals surface area (Å²) in [6.45, 7) is 5.13. The van der Waals surface area contributed by atoms with Gasteiger partial charge in [-0.2, -0.15) is 0 Å². The Kier molecular flexibility index (Phi) is 4.24. The lowest BCUT2D eigenvalue weighted by atomic mass is 10.1. The Labute approximate surface area is 75.3 Å². The standard InChI is InChI=1S/C9H20N2O/c1-6-8(9(12)10-3)11(4,5)7-2/h8H,6-7H2,1-5H3/p+1. The van der Waals surface area contributed by atoms with Crippen LogP contribution >= 0.6 is 0 Å². The van der Waals surface area contributed by atoms with Crippen LogP contribution in [-0.4, -0.2) is 44.1 Å². The molecule has 1 N–H and O–H groups in total. The Balaban J connectivity index is 4.43. The molecule has 3 nitrogen and oxygen atoms in total. The molecule has 0 fully saturated rings. The summed E-state index contributed by atoms with van der Waals surface area (Å²) in [7, 11) is 5.87. The molecule has 1 amide bonds. The zero-order chi connectivity index (χ0) is 9.78. The molecule has 1 atom stereocenters. The second kappa shape index (κ2) is 4.45. The minimum absolute atomic E-state index is 0.0833. The number of hydrogen-bond donors (Lipinski definition) is 1. The van der Waals surface area contributed by atoms with Gasteiger partial charge in [-0.15, -0.1) is 0 Å². The van der Waals surface area contributed by atoms with Gasteiger partial charge in [0.25, 0.3) is 5.91 Å². The van der Waals surface area contributed by atoms with Crippen LogP contribution in [-0.2, 0) is 4.79 Å². The van der Waals surface area contributed by atoms with E-state index < -0.39 is 0 Å². The van der Waals surface area contributed by atoms with Crippen molar-refractivity contribution < 1.29 is 9.28 Å². The van der Waals surface area contributed by atoms with Crippen LogP contribution in [0.15, 0.2) is 0 Å². The first-order chi connectivity index (χ1) is 5.49. The number of rotatable bonds is 4. The molecule has 1 unspecified atom stereocenters. The first-order valence-electron chi connectivity index (χ1n) is 4.53. The van der Waals surface area contributed by atoms with E-state index in [1.54, 1.807) is 7.05 Å². The van der Waals surface area contributed by atoms with Gasteiger partial charge in [0.15, 0.2) is 6.04 Å². The van der Waals surface area contributed by atoms with Crippen molar-refractivity contribution >= 4 is 5.91 Å². The van der Waals surface area contributed by atoms with E-state index in [0.29, 0.717) is 0 Å². The minimum atomic E-state index is 0.0833. The number of nitrogens with one attached hydrogen (secondary N) is 1. The fourth-order valence-electron chi connectivity index (χ4n) is 1.38. The van der Waals surface area contributed by atoms with Crippen molar-refractivity contribution in [1.82, 2.24) is 5.32 Å². The number of hydrogen-bond acceptors (Lipinski definition) is 1. The number of carbonyl (C=O) groups is 1. The molecule has 3 heteroatoms. The molecule has 0 aromatic rings. The van der Waals surface area contributed by atoms with Gasteiger partial charge >= 0.3 is 0 Å². The largest absolute Gasteiger partial charge is 0.354 e. The highest BCUT2D eigenvalue weighted by Gasteiger charge is 2.30. The van der Waals surface area contributed by atoms with Gasteiger partial charge in [-0.3, -0.25) is 4.79 Å². The Morgan fingerprint density at radius 3 is 2.17 bits per heavy atom. The van der Waals surface area contributed by atoms with Crippen molar-refractivity contribution in [3.63, 3.8) is 0 Å². The maximum absolute atomic E-state index is 11.4. The lowest BCUT2D eigenvalue weighted by molar-refractivity contribution is -0.904. The van der Waals surface area contributed by atoms with Crippen LogP contribution in [0.25, 0.3) is 0 Å². The second-order valence-corrected chi connectivity index (χ2v) is 3.63. The first kappa shape index (κ1) is 11.4.